The molecule has 6 nitrogen and oxygen atoms in total. The van der Waals surface area contributed by atoms with Crippen molar-refractivity contribution >= 4 is 23.4 Å². The molecule has 0 radical (unpaired) electrons. The van der Waals surface area contributed by atoms with Crippen LogP contribution in [0.4, 0.5) is 11.6 Å². The van der Waals surface area contributed by atoms with Crippen LogP contribution in [-0.4, -0.2) is 32.5 Å². The van der Waals surface area contributed by atoms with Crippen molar-refractivity contribution in [2.45, 2.75) is 25.0 Å². The van der Waals surface area contributed by atoms with E-state index < -0.39 is 0 Å². The first kappa shape index (κ1) is 14.6. The van der Waals surface area contributed by atoms with Crippen LogP contribution >= 0.6 is 11.8 Å². The molecule has 7 heteroatoms. The van der Waals surface area contributed by atoms with E-state index in [0.717, 1.165) is 35.5 Å². The summed E-state index contributed by atoms with van der Waals surface area (Å²) < 4.78 is 1.79. The molecule has 2 rings (SSSR count). The molecule has 0 fully saturated rings. The fraction of sp³-hybridized carbons (Fsp3) is 0.462. The molecule has 2 N–H and O–H groups in total. The molecular formula is C13H20N6S. The number of hydrogen-bond acceptors (Lipinski definition) is 6. The summed E-state index contributed by atoms with van der Waals surface area (Å²) in [5.74, 6) is 1.67. The molecule has 0 aliphatic rings. The van der Waals surface area contributed by atoms with Crippen LogP contribution in [0.2, 0.25) is 0 Å². The lowest BCUT2D eigenvalue weighted by atomic mass is 10.4. The standard InChI is InChI=1S/C13H20N6S/c1-4-6-14-11-8-12(17-13(16-11)20-3)15-9-10-5-7-19(2)18-10/h5,7-8H,4,6,9H2,1-3H3,(H2,14,15,16,17). The van der Waals surface area contributed by atoms with Crippen molar-refractivity contribution in [3.63, 3.8) is 0 Å². The Bertz CT molecular complexity index is 554. The van der Waals surface area contributed by atoms with E-state index in [1.807, 2.05) is 31.6 Å². The van der Waals surface area contributed by atoms with Gasteiger partial charge in [-0.15, -0.1) is 0 Å². The summed E-state index contributed by atoms with van der Waals surface area (Å²) in [4.78, 5) is 8.88. The predicted octanol–water partition coefficient (Wildman–Crippen LogP) is 2.37. The van der Waals surface area contributed by atoms with Gasteiger partial charge in [-0.25, -0.2) is 9.97 Å². The van der Waals surface area contributed by atoms with Gasteiger partial charge in [-0.1, -0.05) is 18.7 Å². The van der Waals surface area contributed by atoms with Gasteiger partial charge in [-0.3, -0.25) is 4.68 Å². The zero-order valence-electron chi connectivity index (χ0n) is 12.1. The lowest BCUT2D eigenvalue weighted by Crippen LogP contribution is -2.07. The Morgan fingerprint density at radius 3 is 2.60 bits per heavy atom. The summed E-state index contributed by atoms with van der Waals surface area (Å²) in [5, 5.41) is 11.7. The minimum absolute atomic E-state index is 0.652. The highest BCUT2D eigenvalue weighted by molar-refractivity contribution is 7.98. The van der Waals surface area contributed by atoms with Gasteiger partial charge in [0.25, 0.3) is 0 Å². The zero-order chi connectivity index (χ0) is 14.4. The van der Waals surface area contributed by atoms with Gasteiger partial charge in [0, 0.05) is 25.9 Å². The molecule has 2 aromatic heterocycles. The molecule has 0 atom stereocenters. The van der Waals surface area contributed by atoms with Crippen molar-refractivity contribution < 1.29 is 0 Å². The molecule has 0 aromatic carbocycles. The van der Waals surface area contributed by atoms with Crippen LogP contribution < -0.4 is 10.6 Å². The lowest BCUT2D eigenvalue weighted by molar-refractivity contribution is 0.746. The smallest absolute Gasteiger partial charge is 0.191 e. The van der Waals surface area contributed by atoms with E-state index in [1.165, 1.54) is 11.8 Å². The first-order valence-corrected chi connectivity index (χ1v) is 7.83. The van der Waals surface area contributed by atoms with E-state index in [9.17, 15) is 0 Å². The summed E-state index contributed by atoms with van der Waals surface area (Å²) in [7, 11) is 1.91. The van der Waals surface area contributed by atoms with Crippen LogP contribution in [0.15, 0.2) is 23.5 Å². The highest BCUT2D eigenvalue weighted by Gasteiger charge is 2.04. The lowest BCUT2D eigenvalue weighted by Gasteiger charge is -2.09. The molecule has 20 heavy (non-hydrogen) atoms. The van der Waals surface area contributed by atoms with Gasteiger partial charge in [0.1, 0.15) is 11.6 Å². The Labute approximate surface area is 123 Å². The predicted molar refractivity (Wildman–Crippen MR) is 83.1 cm³/mol. The maximum Gasteiger partial charge on any atom is 0.191 e. The maximum absolute atomic E-state index is 4.45. The first-order valence-electron chi connectivity index (χ1n) is 6.60. The SMILES string of the molecule is CCCNc1cc(NCc2ccn(C)n2)nc(SC)n1. The van der Waals surface area contributed by atoms with Crippen molar-refractivity contribution in [1.82, 2.24) is 19.7 Å². The van der Waals surface area contributed by atoms with E-state index in [-0.39, 0.29) is 0 Å². The van der Waals surface area contributed by atoms with Crippen molar-refractivity contribution in [3.8, 4) is 0 Å². The number of hydrogen-bond donors (Lipinski definition) is 2. The van der Waals surface area contributed by atoms with E-state index in [0.29, 0.717) is 6.54 Å². The third-order valence-corrected chi connectivity index (χ3v) is 3.21. The molecule has 0 aliphatic heterocycles. The van der Waals surface area contributed by atoms with Crippen molar-refractivity contribution in [1.29, 1.82) is 0 Å². The molecule has 2 aromatic rings. The van der Waals surface area contributed by atoms with Gasteiger partial charge in [0.2, 0.25) is 0 Å². The Morgan fingerprint density at radius 2 is 2.00 bits per heavy atom. The molecule has 0 bridgehead atoms. The summed E-state index contributed by atoms with van der Waals surface area (Å²) in [6, 6.07) is 3.91. The van der Waals surface area contributed by atoms with Crippen LogP contribution in [0.5, 0.6) is 0 Å². The molecule has 108 valence electrons. The summed E-state index contributed by atoms with van der Waals surface area (Å²) in [6.45, 7) is 3.69. The molecule has 0 amide bonds. The molecule has 0 saturated heterocycles. The Hall–Kier alpha value is -1.76. The maximum atomic E-state index is 4.45. The van der Waals surface area contributed by atoms with Crippen LogP contribution in [0, 0.1) is 0 Å². The minimum atomic E-state index is 0.652. The Morgan fingerprint density at radius 1 is 1.25 bits per heavy atom. The van der Waals surface area contributed by atoms with Crippen LogP contribution in [-0.2, 0) is 13.6 Å². The van der Waals surface area contributed by atoms with E-state index in [2.05, 4.69) is 32.6 Å². The molecule has 0 spiro atoms. The van der Waals surface area contributed by atoms with Crippen molar-refractivity contribution in [3.05, 3.63) is 24.0 Å². The second-order valence-corrected chi connectivity index (χ2v) is 5.16. The monoisotopic (exact) mass is 292 g/mol. The Kier molecular flexibility index (Phi) is 5.23. The van der Waals surface area contributed by atoms with Crippen molar-refractivity contribution in [2.24, 2.45) is 7.05 Å². The summed E-state index contributed by atoms with van der Waals surface area (Å²) in [6.07, 6.45) is 4.97. The zero-order valence-corrected chi connectivity index (χ0v) is 12.9. The van der Waals surface area contributed by atoms with Crippen LogP contribution in [0.3, 0.4) is 0 Å². The number of nitrogens with one attached hydrogen (secondary N) is 2. The number of nitrogens with zero attached hydrogens (tertiary/aromatic N) is 4. The largest absolute Gasteiger partial charge is 0.370 e. The van der Waals surface area contributed by atoms with E-state index in [4.69, 9.17) is 0 Å². The topological polar surface area (TPSA) is 67.7 Å². The highest BCUT2D eigenvalue weighted by atomic mass is 32.2. The summed E-state index contributed by atoms with van der Waals surface area (Å²) >= 11 is 1.53. The van der Waals surface area contributed by atoms with Gasteiger partial charge in [0.15, 0.2) is 5.16 Å². The number of thioether (sulfide) groups is 1. The average Bonchev–Trinajstić information content (AvgIpc) is 2.88. The number of rotatable bonds is 7. The molecule has 2 heterocycles. The van der Waals surface area contributed by atoms with Crippen molar-refractivity contribution in [2.75, 3.05) is 23.4 Å². The third-order valence-electron chi connectivity index (χ3n) is 2.66. The molecule has 0 saturated carbocycles. The van der Waals surface area contributed by atoms with Gasteiger partial charge in [-0.2, -0.15) is 5.10 Å². The van der Waals surface area contributed by atoms with Crippen LogP contribution in [0.1, 0.15) is 19.0 Å². The quantitative estimate of drug-likeness (QED) is 0.603. The second-order valence-electron chi connectivity index (χ2n) is 4.39. The van der Waals surface area contributed by atoms with Crippen LogP contribution in [0.25, 0.3) is 0 Å². The van der Waals surface area contributed by atoms with E-state index in [1.54, 1.807) is 4.68 Å². The van der Waals surface area contributed by atoms with Gasteiger partial charge < -0.3 is 10.6 Å². The number of aryl methyl sites for hydroxylation is 1. The fourth-order valence-corrected chi connectivity index (χ4v) is 2.07. The first-order chi connectivity index (χ1) is 9.71. The normalized spacial score (nSPS) is 10.6. The van der Waals surface area contributed by atoms with Gasteiger partial charge in [0.05, 0.1) is 12.2 Å². The van der Waals surface area contributed by atoms with Gasteiger partial charge >= 0.3 is 0 Å². The molecular weight excluding hydrogens is 272 g/mol. The Balaban J connectivity index is 2.05. The average molecular weight is 292 g/mol. The third kappa shape index (κ3) is 4.12. The molecule has 0 unspecified atom stereocenters. The number of aromatic nitrogens is 4. The van der Waals surface area contributed by atoms with Gasteiger partial charge in [-0.05, 0) is 18.7 Å². The molecule has 0 aliphatic carbocycles. The fourth-order valence-electron chi connectivity index (χ4n) is 1.69. The second kappa shape index (κ2) is 7.14. The summed E-state index contributed by atoms with van der Waals surface area (Å²) in [5.41, 5.74) is 0.986. The van der Waals surface area contributed by atoms with E-state index >= 15 is 0 Å². The highest BCUT2D eigenvalue weighted by Crippen LogP contribution is 2.17. The minimum Gasteiger partial charge on any atom is -0.370 e. The number of anilines is 2.